The lowest BCUT2D eigenvalue weighted by atomic mass is 10.1. The highest BCUT2D eigenvalue weighted by molar-refractivity contribution is 7.89. The number of carbonyl (C=O) groups is 1. The summed E-state index contributed by atoms with van der Waals surface area (Å²) in [5.74, 6) is -0.419. The summed E-state index contributed by atoms with van der Waals surface area (Å²) in [6, 6.07) is 11.1. The molecule has 2 aromatic carbocycles. The Balaban J connectivity index is 2.33. The molecule has 21 heavy (non-hydrogen) atoms. The largest absolute Gasteiger partial charge is 0.398 e. The molecule has 1 amide bonds. The number of primary sulfonamides is 1. The highest BCUT2D eigenvalue weighted by Gasteiger charge is 2.14. The molecule has 0 fully saturated rings. The van der Waals surface area contributed by atoms with E-state index in [1.54, 1.807) is 43.3 Å². The lowest BCUT2D eigenvalue weighted by Gasteiger charge is -2.10. The molecule has 0 unspecified atom stereocenters. The van der Waals surface area contributed by atoms with Crippen LogP contribution >= 0.6 is 0 Å². The van der Waals surface area contributed by atoms with Crippen molar-refractivity contribution < 1.29 is 13.2 Å². The zero-order valence-corrected chi connectivity index (χ0v) is 12.1. The zero-order chi connectivity index (χ0) is 15.6. The fraction of sp³-hybridized carbons (Fsp3) is 0.0714. The van der Waals surface area contributed by atoms with Crippen LogP contribution in [-0.4, -0.2) is 14.3 Å². The summed E-state index contributed by atoms with van der Waals surface area (Å²) in [6.45, 7) is 1.63. The molecule has 5 N–H and O–H groups in total. The Morgan fingerprint density at radius 2 is 1.81 bits per heavy atom. The van der Waals surface area contributed by atoms with E-state index in [0.717, 1.165) is 0 Å². The molecule has 0 bridgehead atoms. The van der Waals surface area contributed by atoms with Crippen molar-refractivity contribution in [1.29, 1.82) is 0 Å². The number of nitrogens with one attached hydrogen (secondary N) is 1. The van der Waals surface area contributed by atoms with Gasteiger partial charge in [-0.2, -0.15) is 0 Å². The zero-order valence-electron chi connectivity index (χ0n) is 11.3. The smallest absolute Gasteiger partial charge is 0.257 e. The molecule has 0 atom stereocenters. The van der Waals surface area contributed by atoms with E-state index in [1.165, 1.54) is 6.07 Å². The highest BCUT2D eigenvalue weighted by atomic mass is 32.2. The van der Waals surface area contributed by atoms with E-state index in [4.69, 9.17) is 10.9 Å². The third-order valence-corrected chi connectivity index (χ3v) is 4.01. The molecule has 0 aliphatic heterocycles. The maximum Gasteiger partial charge on any atom is 0.257 e. The van der Waals surface area contributed by atoms with E-state index < -0.39 is 15.9 Å². The van der Waals surface area contributed by atoms with Gasteiger partial charge in [0.1, 0.15) is 0 Å². The van der Waals surface area contributed by atoms with Crippen molar-refractivity contribution in [2.75, 3.05) is 11.1 Å². The highest BCUT2D eigenvalue weighted by Crippen LogP contribution is 2.20. The summed E-state index contributed by atoms with van der Waals surface area (Å²) >= 11 is 0. The van der Waals surface area contributed by atoms with Crippen LogP contribution < -0.4 is 16.2 Å². The van der Waals surface area contributed by atoms with Crippen LogP contribution in [0.5, 0.6) is 0 Å². The van der Waals surface area contributed by atoms with Crippen molar-refractivity contribution in [3.63, 3.8) is 0 Å². The van der Waals surface area contributed by atoms with Crippen LogP contribution in [0.3, 0.4) is 0 Å². The number of hydrogen-bond acceptors (Lipinski definition) is 4. The van der Waals surface area contributed by atoms with E-state index in [0.29, 0.717) is 22.5 Å². The van der Waals surface area contributed by atoms with Gasteiger partial charge in [-0.1, -0.05) is 18.2 Å². The minimum Gasteiger partial charge on any atom is -0.398 e. The van der Waals surface area contributed by atoms with E-state index in [9.17, 15) is 13.2 Å². The normalized spacial score (nSPS) is 11.1. The van der Waals surface area contributed by atoms with E-state index in [2.05, 4.69) is 5.32 Å². The number of sulfonamides is 1. The Morgan fingerprint density at radius 3 is 2.43 bits per heavy atom. The predicted molar refractivity (Wildman–Crippen MR) is 81.4 cm³/mol. The van der Waals surface area contributed by atoms with Crippen molar-refractivity contribution in [1.82, 2.24) is 0 Å². The molecule has 0 aliphatic carbocycles. The fourth-order valence-electron chi connectivity index (χ4n) is 1.89. The first-order valence-corrected chi connectivity index (χ1v) is 7.63. The second-order valence-corrected chi connectivity index (χ2v) is 6.10. The summed E-state index contributed by atoms with van der Waals surface area (Å²) in [5.41, 5.74) is 7.22. The van der Waals surface area contributed by atoms with E-state index in [1.807, 2.05) is 0 Å². The van der Waals surface area contributed by atoms with Gasteiger partial charge in [0.15, 0.2) is 0 Å². The van der Waals surface area contributed by atoms with Gasteiger partial charge < -0.3 is 11.1 Å². The molecule has 2 rings (SSSR count). The first kappa shape index (κ1) is 15.0. The first-order chi connectivity index (χ1) is 9.79. The second-order valence-electron chi connectivity index (χ2n) is 4.57. The third kappa shape index (κ3) is 3.39. The van der Waals surface area contributed by atoms with Crippen molar-refractivity contribution in [2.24, 2.45) is 5.14 Å². The van der Waals surface area contributed by atoms with Gasteiger partial charge in [-0.25, -0.2) is 13.6 Å². The van der Waals surface area contributed by atoms with Gasteiger partial charge >= 0.3 is 0 Å². The number of rotatable bonds is 3. The average molecular weight is 305 g/mol. The molecule has 0 spiro atoms. The van der Waals surface area contributed by atoms with Crippen LogP contribution in [0.25, 0.3) is 0 Å². The number of amides is 1. The summed E-state index contributed by atoms with van der Waals surface area (Å²) in [5, 5.41) is 7.73. The molecular formula is C14H15N3O3S. The molecule has 6 nitrogen and oxygen atoms in total. The van der Waals surface area contributed by atoms with Crippen LogP contribution in [0.1, 0.15) is 15.9 Å². The summed E-state index contributed by atoms with van der Waals surface area (Å²) < 4.78 is 22.9. The number of para-hydroxylation sites is 1. The Kier molecular flexibility index (Phi) is 3.97. The van der Waals surface area contributed by atoms with Gasteiger partial charge in [-0.05, 0) is 36.8 Å². The van der Waals surface area contributed by atoms with Crippen LogP contribution in [-0.2, 0) is 10.0 Å². The Hall–Kier alpha value is -2.38. The molecule has 110 valence electrons. The number of hydrogen-bond donors (Lipinski definition) is 3. The van der Waals surface area contributed by atoms with Gasteiger partial charge in [0.05, 0.1) is 10.5 Å². The third-order valence-electron chi connectivity index (χ3n) is 2.96. The number of benzene rings is 2. The maximum absolute atomic E-state index is 12.1. The Bertz CT molecular complexity index is 801. The van der Waals surface area contributed by atoms with Crippen molar-refractivity contribution in [2.45, 2.75) is 11.8 Å². The average Bonchev–Trinajstić information content (AvgIpc) is 2.40. The van der Waals surface area contributed by atoms with Crippen molar-refractivity contribution in [3.05, 3.63) is 53.6 Å². The number of aryl methyl sites for hydroxylation is 1. The van der Waals surface area contributed by atoms with Gasteiger partial charge in [-0.3, -0.25) is 4.79 Å². The number of nitrogen functional groups attached to an aromatic ring is 1. The van der Waals surface area contributed by atoms with Crippen LogP contribution in [0, 0.1) is 6.92 Å². The van der Waals surface area contributed by atoms with Crippen LogP contribution in [0.2, 0.25) is 0 Å². The summed E-state index contributed by atoms with van der Waals surface area (Å²) in [4.78, 5) is 12.1. The van der Waals surface area contributed by atoms with E-state index in [-0.39, 0.29) is 4.90 Å². The van der Waals surface area contributed by atoms with E-state index >= 15 is 0 Å². The first-order valence-electron chi connectivity index (χ1n) is 6.08. The molecule has 0 aliphatic rings. The molecule has 0 aromatic heterocycles. The number of anilines is 2. The van der Waals surface area contributed by atoms with Crippen molar-refractivity contribution in [3.8, 4) is 0 Å². The lowest BCUT2D eigenvalue weighted by Crippen LogP contribution is -2.16. The minimum atomic E-state index is -3.84. The molecule has 2 aromatic rings. The lowest BCUT2D eigenvalue weighted by molar-refractivity contribution is 0.102. The van der Waals surface area contributed by atoms with Crippen molar-refractivity contribution >= 4 is 27.3 Å². The summed E-state index contributed by atoms with van der Waals surface area (Å²) in [7, 11) is -3.84. The Morgan fingerprint density at radius 1 is 1.14 bits per heavy atom. The quantitative estimate of drug-likeness (QED) is 0.745. The fourth-order valence-corrected chi connectivity index (χ4v) is 2.69. The molecular weight excluding hydrogens is 290 g/mol. The topological polar surface area (TPSA) is 115 Å². The van der Waals surface area contributed by atoms with Crippen LogP contribution in [0.4, 0.5) is 11.4 Å². The standard InChI is InChI=1S/C14H15N3O3S/c1-9-6-7-10(8-13(9)21(16,19)20)17-14(18)11-4-2-3-5-12(11)15/h2-8H,15H2,1H3,(H,17,18)(H2,16,19,20). The molecule has 0 saturated heterocycles. The molecule has 0 heterocycles. The van der Waals surface area contributed by atoms with Gasteiger partial charge in [0, 0.05) is 11.4 Å². The molecule has 0 radical (unpaired) electrons. The van der Waals surface area contributed by atoms with Gasteiger partial charge in [-0.15, -0.1) is 0 Å². The minimum absolute atomic E-state index is 0.0265. The molecule has 0 saturated carbocycles. The number of carbonyl (C=O) groups excluding carboxylic acids is 1. The Labute approximate surface area is 122 Å². The predicted octanol–water partition coefficient (Wildman–Crippen LogP) is 1.48. The molecule has 7 heteroatoms. The van der Waals surface area contributed by atoms with Crippen LogP contribution in [0.15, 0.2) is 47.4 Å². The maximum atomic E-state index is 12.1. The summed E-state index contributed by atoms with van der Waals surface area (Å²) in [6.07, 6.45) is 0. The van der Waals surface area contributed by atoms with Gasteiger partial charge in [0.25, 0.3) is 5.91 Å². The SMILES string of the molecule is Cc1ccc(NC(=O)c2ccccc2N)cc1S(N)(=O)=O. The number of nitrogens with two attached hydrogens (primary N) is 2. The van der Waals surface area contributed by atoms with Gasteiger partial charge in [0.2, 0.25) is 10.0 Å². The second kappa shape index (κ2) is 5.55. The monoisotopic (exact) mass is 305 g/mol.